The molecule has 1 aliphatic rings. The average molecular weight is 454 g/mol. The summed E-state index contributed by atoms with van der Waals surface area (Å²) in [6.45, 7) is 12.0. The molecule has 0 aliphatic carbocycles. The van der Waals surface area contributed by atoms with E-state index >= 15 is 0 Å². The van der Waals surface area contributed by atoms with Crippen molar-refractivity contribution < 1.29 is 9.59 Å². The zero-order valence-electron chi connectivity index (χ0n) is 20.5. The van der Waals surface area contributed by atoms with E-state index < -0.39 is 0 Å². The SMILES string of the molecule is CCN(CC)c1ccc(NC2=C(c3ccc(C)cc3C)C(=O)N(c3ccccc3C)C2=O)cc1. The number of hydrogen-bond acceptors (Lipinski definition) is 4. The van der Waals surface area contributed by atoms with Gasteiger partial charge < -0.3 is 10.2 Å². The van der Waals surface area contributed by atoms with Gasteiger partial charge in [0.15, 0.2) is 0 Å². The van der Waals surface area contributed by atoms with Gasteiger partial charge in [0.1, 0.15) is 5.70 Å². The summed E-state index contributed by atoms with van der Waals surface area (Å²) in [6.07, 6.45) is 0. The zero-order valence-corrected chi connectivity index (χ0v) is 20.5. The largest absolute Gasteiger partial charge is 0.372 e. The number of anilines is 3. The highest BCUT2D eigenvalue weighted by Crippen LogP contribution is 2.36. The van der Waals surface area contributed by atoms with Crippen LogP contribution in [0.2, 0.25) is 0 Å². The van der Waals surface area contributed by atoms with Crippen LogP contribution in [-0.4, -0.2) is 24.9 Å². The van der Waals surface area contributed by atoms with Gasteiger partial charge >= 0.3 is 0 Å². The molecule has 5 nitrogen and oxygen atoms in total. The minimum Gasteiger partial charge on any atom is -0.372 e. The Kier molecular flexibility index (Phi) is 6.55. The third-order valence-corrected chi connectivity index (χ3v) is 6.36. The summed E-state index contributed by atoms with van der Waals surface area (Å²) in [6, 6.07) is 21.4. The summed E-state index contributed by atoms with van der Waals surface area (Å²) < 4.78 is 0. The summed E-state index contributed by atoms with van der Waals surface area (Å²) in [5.74, 6) is -0.657. The van der Waals surface area contributed by atoms with Crippen molar-refractivity contribution in [3.63, 3.8) is 0 Å². The van der Waals surface area contributed by atoms with Crippen LogP contribution in [0.4, 0.5) is 17.1 Å². The van der Waals surface area contributed by atoms with E-state index in [-0.39, 0.29) is 11.8 Å². The molecule has 0 aromatic heterocycles. The van der Waals surface area contributed by atoms with Crippen molar-refractivity contribution in [3.8, 4) is 0 Å². The number of carbonyl (C=O) groups is 2. The summed E-state index contributed by atoms with van der Waals surface area (Å²) in [4.78, 5) is 31.0. The lowest BCUT2D eigenvalue weighted by Crippen LogP contribution is -2.33. The molecule has 0 atom stereocenters. The van der Waals surface area contributed by atoms with Crippen molar-refractivity contribution in [3.05, 3.63) is 94.7 Å². The minimum atomic E-state index is -0.345. The Bertz CT molecular complexity index is 1270. The van der Waals surface area contributed by atoms with Gasteiger partial charge in [-0.3, -0.25) is 9.59 Å². The highest BCUT2D eigenvalue weighted by Gasteiger charge is 2.41. The van der Waals surface area contributed by atoms with E-state index in [0.29, 0.717) is 17.0 Å². The van der Waals surface area contributed by atoms with Gasteiger partial charge in [0.05, 0.1) is 11.3 Å². The maximum absolute atomic E-state index is 13.7. The number of nitrogens with one attached hydrogen (secondary N) is 1. The van der Waals surface area contributed by atoms with Gasteiger partial charge in [0.2, 0.25) is 0 Å². The molecule has 1 N–H and O–H groups in total. The maximum atomic E-state index is 13.7. The normalized spacial score (nSPS) is 13.6. The van der Waals surface area contributed by atoms with Crippen LogP contribution in [0.3, 0.4) is 0 Å². The molecule has 174 valence electrons. The summed E-state index contributed by atoms with van der Waals surface area (Å²) in [5, 5.41) is 3.28. The number of hydrogen-bond donors (Lipinski definition) is 1. The van der Waals surface area contributed by atoms with Crippen molar-refractivity contribution in [1.29, 1.82) is 0 Å². The number of amides is 2. The van der Waals surface area contributed by atoms with E-state index in [2.05, 4.69) is 24.1 Å². The quantitative estimate of drug-likeness (QED) is 0.456. The lowest BCUT2D eigenvalue weighted by Gasteiger charge is -2.21. The third kappa shape index (κ3) is 4.21. The number of aryl methyl sites for hydroxylation is 3. The number of imide groups is 1. The van der Waals surface area contributed by atoms with Crippen LogP contribution in [0.5, 0.6) is 0 Å². The Morgan fingerprint density at radius 3 is 2.09 bits per heavy atom. The van der Waals surface area contributed by atoms with Gasteiger partial charge in [-0.1, -0.05) is 42.0 Å². The van der Waals surface area contributed by atoms with E-state index in [0.717, 1.165) is 46.7 Å². The van der Waals surface area contributed by atoms with Crippen molar-refractivity contribution in [2.24, 2.45) is 0 Å². The molecular formula is C29H31N3O2. The second-order valence-electron chi connectivity index (χ2n) is 8.64. The first-order chi connectivity index (χ1) is 16.3. The van der Waals surface area contributed by atoms with Gasteiger partial charge in [-0.2, -0.15) is 0 Å². The van der Waals surface area contributed by atoms with Crippen LogP contribution in [0, 0.1) is 20.8 Å². The van der Waals surface area contributed by atoms with Crippen molar-refractivity contribution in [2.45, 2.75) is 34.6 Å². The fraction of sp³-hybridized carbons (Fsp3) is 0.241. The number of rotatable bonds is 7. The molecule has 0 fully saturated rings. The molecule has 3 aromatic rings. The van der Waals surface area contributed by atoms with Crippen molar-refractivity contribution >= 4 is 34.4 Å². The molecule has 2 amide bonds. The van der Waals surface area contributed by atoms with Crippen LogP contribution in [0.1, 0.15) is 36.1 Å². The summed E-state index contributed by atoms with van der Waals surface area (Å²) >= 11 is 0. The fourth-order valence-corrected chi connectivity index (χ4v) is 4.51. The van der Waals surface area contributed by atoms with E-state index in [1.165, 1.54) is 4.90 Å². The van der Waals surface area contributed by atoms with Crippen LogP contribution in [-0.2, 0) is 9.59 Å². The lowest BCUT2D eigenvalue weighted by molar-refractivity contribution is -0.120. The van der Waals surface area contributed by atoms with E-state index in [9.17, 15) is 9.59 Å². The predicted octanol–water partition coefficient (Wildman–Crippen LogP) is 5.85. The van der Waals surface area contributed by atoms with Crippen LogP contribution >= 0.6 is 0 Å². The number of para-hydroxylation sites is 1. The Labute approximate surface area is 201 Å². The monoisotopic (exact) mass is 453 g/mol. The molecule has 0 unspecified atom stereocenters. The smallest absolute Gasteiger partial charge is 0.282 e. The summed E-state index contributed by atoms with van der Waals surface area (Å²) in [7, 11) is 0. The molecular weight excluding hydrogens is 422 g/mol. The molecule has 0 bridgehead atoms. The van der Waals surface area contributed by atoms with E-state index in [1.807, 2.05) is 87.5 Å². The first-order valence-corrected chi connectivity index (χ1v) is 11.7. The molecule has 0 saturated heterocycles. The first kappa shape index (κ1) is 23.3. The van der Waals surface area contributed by atoms with Crippen LogP contribution in [0.25, 0.3) is 5.57 Å². The van der Waals surface area contributed by atoms with Gasteiger partial charge in [-0.05, 0) is 81.6 Å². The second-order valence-corrected chi connectivity index (χ2v) is 8.64. The maximum Gasteiger partial charge on any atom is 0.282 e. The molecule has 4 rings (SSSR count). The van der Waals surface area contributed by atoms with E-state index in [1.54, 1.807) is 0 Å². The third-order valence-electron chi connectivity index (χ3n) is 6.36. The standard InChI is InChI=1S/C29H31N3O2/c1-6-31(7-2)23-15-13-22(14-16-23)30-27-26(24-17-12-19(3)18-21(24)5)28(33)32(29(27)34)25-11-9-8-10-20(25)4/h8-18,30H,6-7H2,1-5H3. The zero-order chi connectivity index (χ0) is 24.4. The van der Waals surface area contributed by atoms with Crippen molar-refractivity contribution in [1.82, 2.24) is 0 Å². The van der Waals surface area contributed by atoms with Gasteiger partial charge in [-0.15, -0.1) is 0 Å². The number of nitrogens with zero attached hydrogens (tertiary/aromatic N) is 2. The molecule has 34 heavy (non-hydrogen) atoms. The molecule has 5 heteroatoms. The molecule has 3 aromatic carbocycles. The van der Waals surface area contributed by atoms with Gasteiger partial charge in [0, 0.05) is 24.5 Å². The van der Waals surface area contributed by atoms with E-state index in [4.69, 9.17) is 0 Å². The second kappa shape index (κ2) is 9.56. The predicted molar refractivity (Wildman–Crippen MR) is 140 cm³/mol. The molecule has 0 spiro atoms. The van der Waals surface area contributed by atoms with Gasteiger partial charge in [0.25, 0.3) is 11.8 Å². The average Bonchev–Trinajstić information content (AvgIpc) is 3.05. The minimum absolute atomic E-state index is 0.302. The molecule has 0 saturated carbocycles. The molecule has 1 aliphatic heterocycles. The fourth-order valence-electron chi connectivity index (χ4n) is 4.51. The van der Waals surface area contributed by atoms with Crippen LogP contribution in [0.15, 0.2) is 72.4 Å². The highest BCUT2D eigenvalue weighted by molar-refractivity contribution is 6.46. The molecule has 1 heterocycles. The Morgan fingerprint density at radius 1 is 0.794 bits per heavy atom. The number of benzene rings is 3. The van der Waals surface area contributed by atoms with Crippen molar-refractivity contribution in [2.75, 3.05) is 28.2 Å². The van der Waals surface area contributed by atoms with Gasteiger partial charge in [-0.25, -0.2) is 4.90 Å². The highest BCUT2D eigenvalue weighted by atomic mass is 16.2. The first-order valence-electron chi connectivity index (χ1n) is 11.7. The summed E-state index contributed by atoms with van der Waals surface area (Å²) in [5.41, 5.74) is 6.89. The Balaban J connectivity index is 1.79. The lowest BCUT2D eigenvalue weighted by atomic mass is 9.97. The number of carbonyl (C=O) groups excluding carboxylic acids is 2. The van der Waals surface area contributed by atoms with Crippen LogP contribution < -0.4 is 15.1 Å². The Hall–Kier alpha value is -3.86. The topological polar surface area (TPSA) is 52.7 Å². The Morgan fingerprint density at radius 2 is 1.47 bits per heavy atom. The molecule has 0 radical (unpaired) electrons.